The highest BCUT2D eigenvalue weighted by Gasteiger charge is 2.31. The second kappa shape index (κ2) is 8.01. The van der Waals surface area contributed by atoms with Crippen molar-refractivity contribution in [2.75, 3.05) is 25.1 Å². The number of carbonyl (C=O) groups is 1. The van der Waals surface area contributed by atoms with Gasteiger partial charge in [0.15, 0.2) is 6.61 Å². The van der Waals surface area contributed by atoms with E-state index in [-0.39, 0.29) is 24.9 Å². The molecular formula is C18H19F3N4O3. The second-order valence-electron chi connectivity index (χ2n) is 6.37. The molecule has 3 heterocycles. The van der Waals surface area contributed by atoms with Crippen molar-refractivity contribution in [1.82, 2.24) is 14.9 Å². The molecule has 1 amide bonds. The molecular weight excluding hydrogens is 377 g/mol. The van der Waals surface area contributed by atoms with Crippen molar-refractivity contribution in [1.29, 1.82) is 0 Å². The third-order valence-electron chi connectivity index (χ3n) is 4.16. The minimum atomic E-state index is -4.43. The van der Waals surface area contributed by atoms with E-state index in [1.54, 1.807) is 24.0 Å². The predicted molar refractivity (Wildman–Crippen MR) is 93.9 cm³/mol. The molecule has 0 unspecified atom stereocenters. The van der Waals surface area contributed by atoms with Gasteiger partial charge in [-0.3, -0.25) is 4.79 Å². The number of hydrogen-bond donors (Lipinski definition) is 2. The highest BCUT2D eigenvalue weighted by Crippen LogP contribution is 2.29. The number of fused-ring (bicyclic) bond motifs is 1. The summed E-state index contributed by atoms with van der Waals surface area (Å²) in [6.07, 6.45) is -1.51. The number of aryl methyl sites for hydroxylation is 1. The van der Waals surface area contributed by atoms with E-state index in [9.17, 15) is 18.0 Å². The summed E-state index contributed by atoms with van der Waals surface area (Å²) >= 11 is 0. The van der Waals surface area contributed by atoms with Crippen LogP contribution in [0.3, 0.4) is 0 Å². The quantitative estimate of drug-likeness (QED) is 0.747. The molecule has 0 bridgehead atoms. The topological polar surface area (TPSA) is 87.6 Å². The summed E-state index contributed by atoms with van der Waals surface area (Å²) in [5.41, 5.74) is 2.41. The Balaban J connectivity index is 1.71. The van der Waals surface area contributed by atoms with E-state index in [1.807, 2.05) is 0 Å². The molecule has 2 aromatic heterocycles. The normalized spacial score (nSPS) is 13.6. The lowest BCUT2D eigenvalue weighted by molar-refractivity contribution is -0.154. The van der Waals surface area contributed by atoms with Gasteiger partial charge in [-0.25, -0.2) is 9.97 Å². The van der Waals surface area contributed by atoms with Gasteiger partial charge in [0.2, 0.25) is 5.88 Å². The number of nitrogens with one attached hydrogen (secondary N) is 1. The molecule has 2 aromatic rings. The number of aromatic nitrogens is 2. The van der Waals surface area contributed by atoms with Gasteiger partial charge < -0.3 is 20.1 Å². The average Bonchev–Trinajstić information content (AvgIpc) is 2.95. The van der Waals surface area contributed by atoms with Crippen molar-refractivity contribution in [3.8, 4) is 5.88 Å². The van der Waals surface area contributed by atoms with Crippen LogP contribution in [0.4, 0.5) is 19.0 Å². The highest BCUT2D eigenvalue weighted by atomic mass is 19.4. The zero-order valence-electron chi connectivity index (χ0n) is 15.1. The molecule has 2 N–H and O–H groups in total. The lowest BCUT2D eigenvalue weighted by Gasteiger charge is -2.17. The molecule has 0 saturated heterocycles. The van der Waals surface area contributed by atoms with Crippen LogP contribution in [0.5, 0.6) is 5.88 Å². The van der Waals surface area contributed by atoms with Gasteiger partial charge in [-0.1, -0.05) is 0 Å². The smallest absolute Gasteiger partial charge is 0.422 e. The number of halogens is 3. The van der Waals surface area contributed by atoms with Crippen molar-refractivity contribution in [3.05, 3.63) is 46.8 Å². The van der Waals surface area contributed by atoms with Crippen LogP contribution >= 0.6 is 0 Å². The Kier molecular flexibility index (Phi) is 5.68. The van der Waals surface area contributed by atoms with Crippen molar-refractivity contribution in [2.45, 2.75) is 26.2 Å². The maximum atomic E-state index is 12.6. The van der Waals surface area contributed by atoms with E-state index in [0.717, 1.165) is 5.56 Å². The summed E-state index contributed by atoms with van der Waals surface area (Å²) in [6, 6.07) is 3.29. The van der Waals surface area contributed by atoms with Crippen LogP contribution in [0, 0.1) is 6.92 Å². The third-order valence-corrected chi connectivity index (χ3v) is 4.16. The first kappa shape index (κ1) is 19.9. The van der Waals surface area contributed by atoms with E-state index in [0.29, 0.717) is 35.6 Å². The lowest BCUT2D eigenvalue weighted by Crippen LogP contribution is -2.23. The average molecular weight is 396 g/mol. The molecule has 0 spiro atoms. The summed E-state index contributed by atoms with van der Waals surface area (Å²) in [7, 11) is 0. The Labute approximate surface area is 159 Å². The van der Waals surface area contributed by atoms with E-state index in [2.05, 4.69) is 15.3 Å². The number of hydrogen-bond acceptors (Lipinski definition) is 6. The van der Waals surface area contributed by atoms with Crippen molar-refractivity contribution in [3.63, 3.8) is 0 Å². The summed E-state index contributed by atoms with van der Waals surface area (Å²) in [4.78, 5) is 22.4. The molecule has 0 aliphatic carbocycles. The van der Waals surface area contributed by atoms with Gasteiger partial charge in [-0.15, -0.1) is 0 Å². The van der Waals surface area contributed by atoms with Gasteiger partial charge in [0.25, 0.3) is 5.91 Å². The van der Waals surface area contributed by atoms with Crippen LogP contribution in [-0.4, -0.2) is 51.8 Å². The van der Waals surface area contributed by atoms with Crippen LogP contribution in [0.1, 0.15) is 27.0 Å². The number of alkyl halides is 3. The standard InChI is InChI=1S/C18H19F3N4O3/c1-11-6-12(7-24-16(11)28-10-18(19,20)21)8-25-9-14-13(17(25)27)2-3-22-15(14)23-4-5-26/h2-3,6-7,26H,4-5,8-10H2,1H3,(H,22,23). The van der Waals surface area contributed by atoms with Gasteiger partial charge in [0.1, 0.15) is 5.82 Å². The van der Waals surface area contributed by atoms with Crippen LogP contribution in [0.25, 0.3) is 0 Å². The monoisotopic (exact) mass is 396 g/mol. The molecule has 150 valence electrons. The van der Waals surface area contributed by atoms with Gasteiger partial charge in [0.05, 0.1) is 13.2 Å². The van der Waals surface area contributed by atoms with Crippen LogP contribution in [0.2, 0.25) is 0 Å². The molecule has 0 radical (unpaired) electrons. The highest BCUT2D eigenvalue weighted by molar-refractivity contribution is 5.99. The Morgan fingerprint density at radius 1 is 1.36 bits per heavy atom. The molecule has 1 aliphatic heterocycles. The zero-order chi connectivity index (χ0) is 20.3. The predicted octanol–water partition coefficient (Wildman–Crippen LogP) is 2.29. The molecule has 0 fully saturated rings. The summed E-state index contributed by atoms with van der Waals surface area (Å²) in [6.45, 7) is 1.04. The number of amides is 1. The van der Waals surface area contributed by atoms with Crippen LogP contribution < -0.4 is 10.1 Å². The number of ether oxygens (including phenoxy) is 1. The van der Waals surface area contributed by atoms with E-state index >= 15 is 0 Å². The second-order valence-corrected chi connectivity index (χ2v) is 6.37. The molecule has 28 heavy (non-hydrogen) atoms. The summed E-state index contributed by atoms with van der Waals surface area (Å²) in [5.74, 6) is 0.295. The van der Waals surface area contributed by atoms with Crippen molar-refractivity contribution < 1.29 is 27.8 Å². The maximum absolute atomic E-state index is 12.6. The van der Waals surface area contributed by atoms with Gasteiger partial charge in [0, 0.05) is 42.2 Å². The fourth-order valence-electron chi connectivity index (χ4n) is 2.97. The van der Waals surface area contributed by atoms with Crippen LogP contribution in [-0.2, 0) is 13.1 Å². The Bertz CT molecular complexity index is 874. The number of aliphatic hydroxyl groups excluding tert-OH is 1. The fourth-order valence-corrected chi connectivity index (χ4v) is 2.97. The maximum Gasteiger partial charge on any atom is 0.422 e. The number of pyridine rings is 2. The molecule has 7 nitrogen and oxygen atoms in total. The summed E-state index contributed by atoms with van der Waals surface area (Å²) < 4.78 is 41.6. The number of rotatable bonds is 7. The first-order valence-corrected chi connectivity index (χ1v) is 8.55. The number of aliphatic hydroxyl groups is 1. The molecule has 3 rings (SSSR count). The van der Waals surface area contributed by atoms with Gasteiger partial charge >= 0.3 is 6.18 Å². The molecule has 0 saturated carbocycles. The Hall–Kier alpha value is -2.88. The Morgan fingerprint density at radius 2 is 2.14 bits per heavy atom. The molecule has 0 aromatic carbocycles. The van der Waals surface area contributed by atoms with E-state index in [4.69, 9.17) is 9.84 Å². The minimum Gasteiger partial charge on any atom is -0.468 e. The third kappa shape index (κ3) is 4.50. The van der Waals surface area contributed by atoms with Crippen molar-refractivity contribution in [2.24, 2.45) is 0 Å². The SMILES string of the molecule is Cc1cc(CN2Cc3c(ccnc3NCCO)C2=O)cnc1OCC(F)(F)F. The first-order chi connectivity index (χ1) is 13.3. The fraction of sp³-hybridized carbons (Fsp3) is 0.389. The lowest BCUT2D eigenvalue weighted by atomic mass is 10.1. The molecule has 10 heteroatoms. The number of nitrogens with zero attached hydrogens (tertiary/aromatic N) is 3. The number of carbonyl (C=O) groups excluding carboxylic acids is 1. The van der Waals surface area contributed by atoms with Gasteiger partial charge in [-0.2, -0.15) is 13.2 Å². The van der Waals surface area contributed by atoms with Crippen molar-refractivity contribution >= 4 is 11.7 Å². The minimum absolute atomic E-state index is 0.0588. The number of anilines is 1. The Morgan fingerprint density at radius 3 is 2.82 bits per heavy atom. The summed E-state index contributed by atoms with van der Waals surface area (Å²) in [5, 5.41) is 11.9. The van der Waals surface area contributed by atoms with Crippen LogP contribution in [0.15, 0.2) is 24.5 Å². The van der Waals surface area contributed by atoms with E-state index in [1.165, 1.54) is 12.4 Å². The molecule has 1 aliphatic rings. The molecule has 0 atom stereocenters. The largest absolute Gasteiger partial charge is 0.468 e. The first-order valence-electron chi connectivity index (χ1n) is 8.55. The zero-order valence-corrected chi connectivity index (χ0v) is 15.1. The van der Waals surface area contributed by atoms with Gasteiger partial charge in [-0.05, 0) is 24.6 Å². The van der Waals surface area contributed by atoms with E-state index < -0.39 is 12.8 Å².